The molecule has 0 heterocycles. The van der Waals surface area contributed by atoms with E-state index in [2.05, 4.69) is 90.6 Å². The molecule has 1 amide bonds. The van der Waals surface area contributed by atoms with Gasteiger partial charge in [-0.25, -0.2) is 0 Å². The molecule has 0 aliphatic heterocycles. The fourth-order valence-corrected chi connectivity index (χ4v) is 4.84. The number of ketones is 2. The Kier molecular flexibility index (Phi) is 8.44. The van der Waals surface area contributed by atoms with Crippen LogP contribution < -0.4 is 5.32 Å². The van der Waals surface area contributed by atoms with Crippen molar-refractivity contribution in [2.75, 3.05) is 0 Å². The first-order chi connectivity index (χ1) is 17.8. The van der Waals surface area contributed by atoms with E-state index in [1.807, 2.05) is 12.1 Å². The summed E-state index contributed by atoms with van der Waals surface area (Å²) in [6, 6.07) is 19.5. The van der Waals surface area contributed by atoms with Gasteiger partial charge in [0.1, 0.15) is 0 Å². The van der Waals surface area contributed by atoms with E-state index in [9.17, 15) is 14.4 Å². The van der Waals surface area contributed by atoms with E-state index >= 15 is 0 Å². The summed E-state index contributed by atoms with van der Waals surface area (Å²) in [5.41, 5.74) is 2.16. The minimum absolute atomic E-state index is 0.0469. The highest BCUT2D eigenvalue weighted by molar-refractivity contribution is 9.12. The minimum atomic E-state index is -0.777. The second-order valence-electron chi connectivity index (χ2n) is 8.88. The summed E-state index contributed by atoms with van der Waals surface area (Å²) in [5, 5.41) is 4.92. The fraction of sp³-hybridized carbons (Fsp3) is 0.194. The first-order valence-corrected chi connectivity index (χ1v) is 13.3. The van der Waals surface area contributed by atoms with Gasteiger partial charge in [-0.3, -0.25) is 14.4 Å². The van der Waals surface area contributed by atoms with Crippen molar-refractivity contribution in [3.05, 3.63) is 94.0 Å². The Morgan fingerprint density at radius 1 is 0.973 bits per heavy atom. The Hall–Kier alpha value is -3.45. The van der Waals surface area contributed by atoms with E-state index in [-0.39, 0.29) is 36.2 Å². The summed E-state index contributed by atoms with van der Waals surface area (Å²) in [6.07, 6.45) is 2.08. The zero-order valence-electron chi connectivity index (χ0n) is 20.0. The second-order valence-corrected chi connectivity index (χ2v) is 10.2. The molecule has 4 nitrogen and oxygen atoms in total. The predicted octanol–water partition coefficient (Wildman–Crippen LogP) is 6.40. The third-order valence-corrected chi connectivity index (χ3v) is 7.06. The summed E-state index contributed by atoms with van der Waals surface area (Å²) >= 11 is 6.57. The summed E-state index contributed by atoms with van der Waals surface area (Å²) in [4.78, 5) is 40.0. The van der Waals surface area contributed by atoms with Crippen LogP contribution in [0.1, 0.15) is 47.2 Å². The zero-order chi connectivity index (χ0) is 26.4. The maximum absolute atomic E-state index is 13.1. The Labute approximate surface area is 233 Å². The molecule has 1 saturated carbocycles. The van der Waals surface area contributed by atoms with Crippen molar-refractivity contribution in [3.8, 4) is 22.6 Å². The summed E-state index contributed by atoms with van der Waals surface area (Å²) < 4.78 is 1.01. The van der Waals surface area contributed by atoms with Gasteiger partial charge in [-0.1, -0.05) is 88.8 Å². The summed E-state index contributed by atoms with van der Waals surface area (Å²) in [6.45, 7) is 3.66. The third kappa shape index (κ3) is 6.28. The lowest BCUT2D eigenvalue weighted by atomic mass is 9.91. The average Bonchev–Trinajstić information content (AvgIpc) is 3.70. The average molecular weight is 617 g/mol. The smallest absolute Gasteiger partial charge is 0.292 e. The van der Waals surface area contributed by atoms with Gasteiger partial charge in [0.25, 0.3) is 5.91 Å². The highest BCUT2D eigenvalue weighted by atomic mass is 79.9. The Bertz CT molecular complexity index is 1550. The first-order valence-electron chi connectivity index (χ1n) is 11.7. The van der Waals surface area contributed by atoms with Crippen LogP contribution in [0.3, 0.4) is 0 Å². The van der Waals surface area contributed by atoms with E-state index in [4.69, 9.17) is 0 Å². The number of fused-ring (bicyclic) bond motifs is 1. The number of carbonyl (C=O) groups excluding carboxylic acids is 3. The monoisotopic (exact) mass is 615 g/mol. The molecule has 0 radical (unpaired) electrons. The number of rotatable bonds is 8. The highest BCUT2D eigenvalue weighted by Crippen LogP contribution is 2.50. The molecule has 184 valence electrons. The standard InChI is InChI=1S/C31H23Br2NO3/c1-21(8-7-17-32)29(36)30(37)34-20-23-10-3-5-12-26(23)28(35)13-6-14-31(15-16-31)27-19-24(33)18-22-9-2-4-11-25(22)27/h2-5,9-12,18-19H,1,8,13,15-16,20H2,(H,34,37). The lowest BCUT2D eigenvalue weighted by Crippen LogP contribution is -2.31. The largest absolute Gasteiger partial charge is 0.345 e. The van der Waals surface area contributed by atoms with Crippen molar-refractivity contribution in [1.29, 1.82) is 0 Å². The van der Waals surface area contributed by atoms with Gasteiger partial charge in [0.2, 0.25) is 5.78 Å². The molecule has 0 atom stereocenters. The minimum Gasteiger partial charge on any atom is -0.345 e. The molecule has 37 heavy (non-hydrogen) atoms. The number of hydrogen-bond acceptors (Lipinski definition) is 3. The highest BCUT2D eigenvalue weighted by Gasteiger charge is 2.44. The van der Waals surface area contributed by atoms with Crippen LogP contribution in [-0.2, 0) is 21.5 Å². The molecule has 1 fully saturated rings. The first kappa shape index (κ1) is 26.6. The Morgan fingerprint density at radius 2 is 1.70 bits per heavy atom. The number of hydrogen-bond donors (Lipinski definition) is 1. The molecule has 0 saturated heterocycles. The predicted molar refractivity (Wildman–Crippen MR) is 153 cm³/mol. The van der Waals surface area contributed by atoms with Crippen LogP contribution >= 0.6 is 31.9 Å². The summed E-state index contributed by atoms with van der Waals surface area (Å²) in [7, 11) is 0. The molecule has 0 unspecified atom stereocenters. The third-order valence-electron chi connectivity index (χ3n) is 6.32. The van der Waals surface area contributed by atoms with Crippen LogP contribution in [-0.4, -0.2) is 17.5 Å². The molecular weight excluding hydrogens is 594 g/mol. The fourth-order valence-electron chi connectivity index (χ4n) is 4.23. The van der Waals surface area contributed by atoms with Gasteiger partial charge in [0.05, 0.1) is 11.8 Å². The van der Waals surface area contributed by atoms with Gasteiger partial charge >= 0.3 is 0 Å². The van der Waals surface area contributed by atoms with Gasteiger partial charge in [-0.2, -0.15) is 0 Å². The quantitative estimate of drug-likeness (QED) is 0.138. The molecule has 6 heteroatoms. The van der Waals surface area contributed by atoms with E-state index < -0.39 is 11.7 Å². The number of benzene rings is 3. The van der Waals surface area contributed by atoms with Crippen molar-refractivity contribution in [2.24, 2.45) is 0 Å². The van der Waals surface area contributed by atoms with Gasteiger partial charge < -0.3 is 5.32 Å². The maximum Gasteiger partial charge on any atom is 0.292 e. The van der Waals surface area contributed by atoms with E-state index in [0.717, 1.165) is 22.7 Å². The number of halogens is 2. The molecule has 1 N–H and O–H groups in total. The lowest BCUT2D eigenvalue weighted by Gasteiger charge is -2.13. The van der Waals surface area contributed by atoms with Crippen molar-refractivity contribution in [3.63, 3.8) is 0 Å². The SMILES string of the molecule is C=C(CC#CBr)C(=O)C(=O)NCc1ccccc1C(=O)CC#CC1(c2cc(Br)cc3ccccc23)CC1. The molecule has 1 aliphatic carbocycles. The molecule has 3 aromatic carbocycles. The van der Waals surface area contributed by atoms with E-state index in [1.165, 1.54) is 10.9 Å². The molecule has 0 bridgehead atoms. The van der Waals surface area contributed by atoms with Crippen molar-refractivity contribution >= 4 is 60.1 Å². The van der Waals surface area contributed by atoms with Crippen LogP contribution in [0.5, 0.6) is 0 Å². The Balaban J connectivity index is 1.45. The topological polar surface area (TPSA) is 63.2 Å². The van der Waals surface area contributed by atoms with Crippen molar-refractivity contribution in [2.45, 2.75) is 37.6 Å². The van der Waals surface area contributed by atoms with Gasteiger partial charge in [-0.15, -0.1) is 0 Å². The van der Waals surface area contributed by atoms with Gasteiger partial charge in [-0.05, 0) is 51.7 Å². The summed E-state index contributed by atoms with van der Waals surface area (Å²) in [5.74, 6) is 7.53. The van der Waals surface area contributed by atoms with Crippen molar-refractivity contribution < 1.29 is 14.4 Å². The maximum atomic E-state index is 13.1. The van der Waals surface area contributed by atoms with Gasteiger partial charge in [0.15, 0.2) is 5.78 Å². The second kappa shape index (κ2) is 11.7. The molecule has 0 aromatic heterocycles. The number of Topliss-reactive ketones (excluding diaryl/α,β-unsaturated/α-hetero) is 2. The molecule has 0 spiro atoms. The number of amides is 1. The molecule has 1 aliphatic rings. The number of nitrogens with one attached hydrogen (secondary N) is 1. The molecule has 4 rings (SSSR count). The van der Waals surface area contributed by atoms with Crippen LogP contribution in [0, 0.1) is 22.6 Å². The van der Waals surface area contributed by atoms with Crippen LogP contribution in [0.2, 0.25) is 0 Å². The number of carbonyl (C=O) groups is 3. The van der Waals surface area contributed by atoms with Gasteiger partial charge in [0, 0.05) is 44.5 Å². The van der Waals surface area contributed by atoms with Crippen LogP contribution in [0.15, 0.2) is 77.3 Å². The van der Waals surface area contributed by atoms with Crippen molar-refractivity contribution in [1.82, 2.24) is 5.32 Å². The van der Waals surface area contributed by atoms with E-state index in [1.54, 1.807) is 24.3 Å². The lowest BCUT2D eigenvalue weighted by molar-refractivity contribution is -0.135. The molecular formula is C31H23Br2NO3. The molecule has 3 aromatic rings. The Morgan fingerprint density at radius 3 is 2.46 bits per heavy atom. The van der Waals surface area contributed by atoms with E-state index in [0.29, 0.717) is 11.1 Å². The van der Waals surface area contributed by atoms with Crippen LogP contribution in [0.4, 0.5) is 0 Å². The zero-order valence-corrected chi connectivity index (χ0v) is 23.2. The van der Waals surface area contributed by atoms with Crippen LogP contribution in [0.25, 0.3) is 10.8 Å². The normalized spacial score (nSPS) is 12.9.